The number of benzene rings is 1. The molecule has 0 atom stereocenters. The Hall–Kier alpha value is -1.99. The number of piperidine rings is 1. The Labute approximate surface area is 155 Å². The number of hydrogen-bond acceptors (Lipinski definition) is 5. The lowest BCUT2D eigenvalue weighted by molar-refractivity contribution is 0.571. The van der Waals surface area contributed by atoms with E-state index in [0.29, 0.717) is 23.6 Å². The Morgan fingerprint density at radius 2 is 1.81 bits per heavy atom. The molecule has 7 heteroatoms. The minimum atomic E-state index is -3.52. The van der Waals surface area contributed by atoms with E-state index in [1.807, 2.05) is 31.2 Å². The number of anilines is 1. The van der Waals surface area contributed by atoms with Gasteiger partial charge < -0.3 is 4.90 Å². The molecule has 140 valence electrons. The molecule has 2 heterocycles. The van der Waals surface area contributed by atoms with E-state index in [2.05, 4.69) is 19.8 Å². The number of hydrogen-bond donors (Lipinski definition) is 1. The van der Waals surface area contributed by atoms with E-state index in [4.69, 9.17) is 0 Å². The molecule has 1 aliphatic heterocycles. The Balaban J connectivity index is 1.91. The quantitative estimate of drug-likeness (QED) is 0.841. The molecular weight excluding hydrogens is 348 g/mol. The Morgan fingerprint density at radius 1 is 1.04 bits per heavy atom. The first-order chi connectivity index (χ1) is 12.5. The number of aryl methyl sites for hydroxylation is 1. The molecule has 0 radical (unpaired) electrons. The highest BCUT2D eigenvalue weighted by atomic mass is 32.2. The SMILES string of the molecule is CCNS(=O)(=O)c1cc(-c2ccc(N3CCCCC3)nn2)ccc1CC. The maximum Gasteiger partial charge on any atom is 0.240 e. The van der Waals surface area contributed by atoms with Crippen LogP contribution in [0.3, 0.4) is 0 Å². The predicted molar refractivity (Wildman–Crippen MR) is 104 cm³/mol. The first kappa shape index (κ1) is 18.8. The zero-order valence-electron chi connectivity index (χ0n) is 15.4. The number of aromatic nitrogens is 2. The topological polar surface area (TPSA) is 75.2 Å². The Bertz CT molecular complexity index is 844. The van der Waals surface area contributed by atoms with E-state index in [1.54, 1.807) is 13.0 Å². The maximum absolute atomic E-state index is 12.5. The van der Waals surface area contributed by atoms with Gasteiger partial charge in [-0.3, -0.25) is 0 Å². The fraction of sp³-hybridized carbons (Fsp3) is 0.474. The standard InChI is InChI=1S/C19H26N4O2S/c1-3-15-8-9-16(14-18(15)26(24,25)20-4-2)17-10-11-19(22-21-17)23-12-6-5-7-13-23/h8-11,14,20H,3-7,12-13H2,1-2H3. The van der Waals surface area contributed by atoms with E-state index in [-0.39, 0.29) is 0 Å². The number of sulfonamides is 1. The molecule has 2 aromatic rings. The number of nitrogens with one attached hydrogen (secondary N) is 1. The lowest BCUT2D eigenvalue weighted by atomic mass is 10.1. The van der Waals surface area contributed by atoms with Crippen LogP contribution in [-0.4, -0.2) is 38.2 Å². The largest absolute Gasteiger partial charge is 0.355 e. The van der Waals surface area contributed by atoms with Crippen molar-refractivity contribution in [3.63, 3.8) is 0 Å². The second kappa shape index (κ2) is 8.14. The van der Waals surface area contributed by atoms with Crippen LogP contribution in [0.5, 0.6) is 0 Å². The highest BCUT2D eigenvalue weighted by molar-refractivity contribution is 7.89. The van der Waals surface area contributed by atoms with Crippen LogP contribution in [0.2, 0.25) is 0 Å². The van der Waals surface area contributed by atoms with Crippen LogP contribution in [0.15, 0.2) is 35.2 Å². The van der Waals surface area contributed by atoms with Gasteiger partial charge in [0.05, 0.1) is 10.6 Å². The van der Waals surface area contributed by atoms with Crippen LogP contribution < -0.4 is 9.62 Å². The van der Waals surface area contributed by atoms with E-state index >= 15 is 0 Å². The van der Waals surface area contributed by atoms with Gasteiger partial charge in [0.2, 0.25) is 10.0 Å². The van der Waals surface area contributed by atoms with Gasteiger partial charge in [-0.15, -0.1) is 10.2 Å². The maximum atomic E-state index is 12.5. The van der Waals surface area contributed by atoms with E-state index in [9.17, 15) is 8.42 Å². The molecule has 1 N–H and O–H groups in total. The molecule has 26 heavy (non-hydrogen) atoms. The van der Waals surface area contributed by atoms with Gasteiger partial charge >= 0.3 is 0 Å². The summed E-state index contributed by atoms with van der Waals surface area (Å²) in [5.74, 6) is 0.888. The smallest absolute Gasteiger partial charge is 0.240 e. The van der Waals surface area contributed by atoms with Crippen molar-refractivity contribution in [2.75, 3.05) is 24.5 Å². The molecule has 0 unspecified atom stereocenters. The van der Waals surface area contributed by atoms with Crippen molar-refractivity contribution in [1.29, 1.82) is 0 Å². The van der Waals surface area contributed by atoms with Crippen LogP contribution in [0.4, 0.5) is 5.82 Å². The second-order valence-corrected chi connectivity index (χ2v) is 8.24. The average Bonchev–Trinajstić information content (AvgIpc) is 2.68. The lowest BCUT2D eigenvalue weighted by Gasteiger charge is -2.27. The Kier molecular flexibility index (Phi) is 5.88. The molecule has 0 bridgehead atoms. The van der Waals surface area contributed by atoms with E-state index in [0.717, 1.165) is 30.0 Å². The molecule has 6 nitrogen and oxygen atoms in total. The first-order valence-corrected chi connectivity index (χ1v) is 10.7. The van der Waals surface area contributed by atoms with Gasteiger partial charge in [0.15, 0.2) is 5.82 Å². The van der Waals surface area contributed by atoms with Gasteiger partial charge in [-0.25, -0.2) is 13.1 Å². The summed E-state index contributed by atoms with van der Waals surface area (Å²) < 4.78 is 27.6. The molecule has 1 aromatic carbocycles. The van der Waals surface area contributed by atoms with Gasteiger partial charge in [0.1, 0.15) is 0 Å². The third-order valence-corrected chi connectivity index (χ3v) is 6.33. The van der Waals surface area contributed by atoms with Crippen LogP contribution >= 0.6 is 0 Å². The van der Waals surface area contributed by atoms with Crippen LogP contribution in [0, 0.1) is 0 Å². The van der Waals surface area contributed by atoms with Gasteiger partial charge in [-0.2, -0.15) is 0 Å². The van der Waals surface area contributed by atoms with Gasteiger partial charge in [-0.1, -0.05) is 26.0 Å². The zero-order valence-corrected chi connectivity index (χ0v) is 16.2. The van der Waals surface area contributed by atoms with E-state index < -0.39 is 10.0 Å². The summed E-state index contributed by atoms with van der Waals surface area (Å²) in [6.45, 7) is 6.12. The molecular formula is C19H26N4O2S. The van der Waals surface area contributed by atoms with Crippen molar-refractivity contribution in [3.8, 4) is 11.3 Å². The Morgan fingerprint density at radius 3 is 2.42 bits per heavy atom. The third-order valence-electron chi connectivity index (χ3n) is 4.70. The van der Waals surface area contributed by atoms with Crippen molar-refractivity contribution in [2.45, 2.75) is 44.4 Å². The molecule has 1 aromatic heterocycles. The number of nitrogens with zero attached hydrogens (tertiary/aromatic N) is 3. The minimum absolute atomic E-state index is 0.321. The minimum Gasteiger partial charge on any atom is -0.355 e. The summed E-state index contributed by atoms with van der Waals surface area (Å²) in [6.07, 6.45) is 4.30. The monoisotopic (exact) mass is 374 g/mol. The highest BCUT2D eigenvalue weighted by Crippen LogP contribution is 2.26. The highest BCUT2D eigenvalue weighted by Gasteiger charge is 2.19. The molecule has 0 spiro atoms. The summed E-state index contributed by atoms with van der Waals surface area (Å²) in [7, 11) is -3.52. The van der Waals surface area contributed by atoms with E-state index in [1.165, 1.54) is 19.3 Å². The molecule has 1 saturated heterocycles. The summed E-state index contributed by atoms with van der Waals surface area (Å²) in [4.78, 5) is 2.57. The van der Waals surface area contributed by atoms with Crippen LogP contribution in [0.25, 0.3) is 11.3 Å². The van der Waals surface area contributed by atoms with Crippen molar-refractivity contribution < 1.29 is 8.42 Å². The normalized spacial score (nSPS) is 15.2. The van der Waals surface area contributed by atoms with Crippen LogP contribution in [-0.2, 0) is 16.4 Å². The van der Waals surface area contributed by atoms with Crippen molar-refractivity contribution in [2.24, 2.45) is 0 Å². The average molecular weight is 375 g/mol. The lowest BCUT2D eigenvalue weighted by Crippen LogP contribution is -2.30. The van der Waals surface area contributed by atoms with Gasteiger partial charge in [0.25, 0.3) is 0 Å². The van der Waals surface area contributed by atoms with Gasteiger partial charge in [0, 0.05) is 25.2 Å². The van der Waals surface area contributed by atoms with Crippen molar-refractivity contribution in [3.05, 3.63) is 35.9 Å². The van der Waals surface area contributed by atoms with Crippen LogP contribution in [0.1, 0.15) is 38.7 Å². The molecule has 1 aliphatic rings. The fourth-order valence-corrected chi connectivity index (χ4v) is 4.67. The third kappa shape index (κ3) is 4.04. The van der Waals surface area contributed by atoms with Crippen molar-refractivity contribution >= 4 is 15.8 Å². The van der Waals surface area contributed by atoms with Gasteiger partial charge in [-0.05, 0) is 49.4 Å². The second-order valence-electron chi connectivity index (χ2n) is 6.50. The summed E-state index contributed by atoms with van der Waals surface area (Å²) in [6, 6.07) is 9.36. The molecule has 3 rings (SSSR count). The fourth-order valence-electron chi connectivity index (χ4n) is 3.29. The zero-order chi connectivity index (χ0) is 18.6. The predicted octanol–water partition coefficient (Wildman–Crippen LogP) is 2.99. The van der Waals surface area contributed by atoms with Crippen molar-refractivity contribution in [1.82, 2.24) is 14.9 Å². The number of rotatable bonds is 6. The molecule has 0 saturated carbocycles. The summed E-state index contributed by atoms with van der Waals surface area (Å²) in [5, 5.41) is 8.70. The molecule has 1 fully saturated rings. The molecule has 0 aliphatic carbocycles. The summed E-state index contributed by atoms with van der Waals surface area (Å²) >= 11 is 0. The summed E-state index contributed by atoms with van der Waals surface area (Å²) in [5.41, 5.74) is 2.24. The first-order valence-electron chi connectivity index (χ1n) is 9.26. The molecule has 0 amide bonds.